The Balaban J connectivity index is 1.30. The van der Waals surface area contributed by atoms with Crippen molar-refractivity contribution in [1.82, 2.24) is 24.7 Å². The molecule has 0 spiro atoms. The summed E-state index contributed by atoms with van der Waals surface area (Å²) in [6, 6.07) is 12.4. The van der Waals surface area contributed by atoms with Crippen LogP contribution in [0.5, 0.6) is 0 Å². The third-order valence-electron chi connectivity index (χ3n) is 5.68. The van der Waals surface area contributed by atoms with Crippen LogP contribution in [-0.2, 0) is 6.42 Å². The van der Waals surface area contributed by atoms with Crippen molar-refractivity contribution in [3.63, 3.8) is 0 Å². The summed E-state index contributed by atoms with van der Waals surface area (Å²) in [6.07, 6.45) is 0.549. The van der Waals surface area contributed by atoms with Gasteiger partial charge < -0.3 is 10.0 Å². The number of anilines is 1. The van der Waals surface area contributed by atoms with E-state index in [2.05, 4.69) is 43.3 Å². The fourth-order valence-corrected chi connectivity index (χ4v) is 4.22. The van der Waals surface area contributed by atoms with Gasteiger partial charge in [-0.15, -0.1) is 15.3 Å². The Morgan fingerprint density at radius 3 is 2.62 bits per heavy atom. The quantitative estimate of drug-likeness (QED) is 0.749. The van der Waals surface area contributed by atoms with Gasteiger partial charge in [-0.2, -0.15) is 4.52 Å². The fraction of sp³-hybridized carbons (Fsp3) is 0.421. The molecule has 2 aliphatic rings. The Bertz CT molecular complexity index is 946. The molecule has 2 aromatic heterocycles. The van der Waals surface area contributed by atoms with Crippen molar-refractivity contribution >= 4 is 11.5 Å². The largest absolute Gasteiger partial charge is 0.387 e. The average molecular weight is 350 g/mol. The summed E-state index contributed by atoms with van der Waals surface area (Å²) in [5.74, 6) is 1.75. The zero-order valence-corrected chi connectivity index (χ0v) is 14.8. The van der Waals surface area contributed by atoms with Crippen molar-refractivity contribution in [2.24, 2.45) is 0 Å². The van der Waals surface area contributed by atoms with Crippen molar-refractivity contribution in [3.8, 4) is 0 Å². The van der Waals surface area contributed by atoms with Crippen LogP contribution < -0.4 is 4.90 Å². The Kier molecular flexibility index (Phi) is 3.65. The van der Waals surface area contributed by atoms with E-state index in [1.165, 1.54) is 5.56 Å². The molecule has 7 heteroatoms. The highest BCUT2D eigenvalue weighted by Gasteiger charge is 2.36. The van der Waals surface area contributed by atoms with E-state index in [-0.39, 0.29) is 12.1 Å². The second-order valence-corrected chi connectivity index (χ2v) is 7.15. The van der Waals surface area contributed by atoms with Gasteiger partial charge in [-0.3, -0.25) is 4.90 Å². The van der Waals surface area contributed by atoms with Gasteiger partial charge in [0.15, 0.2) is 11.5 Å². The van der Waals surface area contributed by atoms with Crippen LogP contribution in [0.4, 0.5) is 5.82 Å². The van der Waals surface area contributed by atoms with Gasteiger partial charge in [0.1, 0.15) is 5.82 Å². The monoisotopic (exact) mass is 350 g/mol. The molecule has 0 radical (unpaired) electrons. The number of fused-ring (bicyclic) bond motifs is 2. The number of aryl methyl sites for hydroxylation is 1. The van der Waals surface area contributed by atoms with Crippen LogP contribution in [0.25, 0.3) is 5.65 Å². The van der Waals surface area contributed by atoms with Gasteiger partial charge in [0.25, 0.3) is 0 Å². The van der Waals surface area contributed by atoms with Gasteiger partial charge in [-0.1, -0.05) is 24.3 Å². The first kappa shape index (κ1) is 15.7. The van der Waals surface area contributed by atoms with Gasteiger partial charge in [-0.25, -0.2) is 0 Å². The highest BCUT2D eigenvalue weighted by molar-refractivity contribution is 5.46. The Morgan fingerprint density at radius 1 is 1.00 bits per heavy atom. The van der Waals surface area contributed by atoms with Crippen LogP contribution in [0.15, 0.2) is 36.4 Å². The van der Waals surface area contributed by atoms with Gasteiger partial charge in [0.2, 0.25) is 0 Å². The molecule has 3 heterocycles. The molecule has 0 bridgehead atoms. The molecule has 1 N–H and O–H groups in total. The molecule has 26 heavy (non-hydrogen) atoms. The molecule has 0 amide bonds. The van der Waals surface area contributed by atoms with E-state index in [1.54, 1.807) is 4.52 Å². The SMILES string of the molecule is Cc1nnc2ccc(N3CCN([C@@H]4Cc5ccccc5[C@@H]4O)CC3)nn12. The van der Waals surface area contributed by atoms with E-state index in [1.807, 2.05) is 25.1 Å². The van der Waals surface area contributed by atoms with E-state index in [0.29, 0.717) is 0 Å². The number of rotatable bonds is 2. The van der Waals surface area contributed by atoms with Crippen LogP contribution in [0, 0.1) is 6.92 Å². The number of aliphatic hydroxyl groups is 1. The van der Waals surface area contributed by atoms with Crippen LogP contribution in [0.1, 0.15) is 23.1 Å². The maximum absolute atomic E-state index is 10.7. The zero-order valence-electron chi connectivity index (χ0n) is 14.8. The van der Waals surface area contributed by atoms with Gasteiger partial charge in [0, 0.05) is 32.2 Å². The number of aromatic nitrogens is 4. The number of aliphatic hydroxyl groups excluding tert-OH is 1. The summed E-state index contributed by atoms with van der Waals surface area (Å²) < 4.78 is 1.79. The predicted molar refractivity (Wildman–Crippen MR) is 98.2 cm³/mol. The molecular weight excluding hydrogens is 328 g/mol. The third-order valence-corrected chi connectivity index (χ3v) is 5.68. The lowest BCUT2D eigenvalue weighted by Gasteiger charge is -2.39. The fourth-order valence-electron chi connectivity index (χ4n) is 4.22. The smallest absolute Gasteiger partial charge is 0.178 e. The average Bonchev–Trinajstić information content (AvgIpc) is 3.22. The van der Waals surface area contributed by atoms with Crippen LogP contribution in [0.2, 0.25) is 0 Å². The van der Waals surface area contributed by atoms with Gasteiger partial charge in [-0.05, 0) is 36.6 Å². The summed E-state index contributed by atoms with van der Waals surface area (Å²) in [5, 5.41) is 23.6. The highest BCUT2D eigenvalue weighted by Crippen LogP contribution is 2.34. The molecular formula is C19H22N6O. The molecule has 1 aliphatic heterocycles. The molecule has 7 nitrogen and oxygen atoms in total. The van der Waals surface area contributed by atoms with Gasteiger partial charge in [0.05, 0.1) is 6.10 Å². The molecule has 3 aromatic rings. The normalized spacial score (nSPS) is 23.5. The lowest BCUT2D eigenvalue weighted by molar-refractivity contribution is 0.0571. The van der Waals surface area contributed by atoms with Crippen molar-refractivity contribution in [2.75, 3.05) is 31.1 Å². The van der Waals surface area contributed by atoms with E-state index in [9.17, 15) is 5.11 Å². The molecule has 5 rings (SSSR count). The van der Waals surface area contributed by atoms with Crippen molar-refractivity contribution in [3.05, 3.63) is 53.3 Å². The number of nitrogens with zero attached hydrogens (tertiary/aromatic N) is 6. The maximum Gasteiger partial charge on any atom is 0.178 e. The minimum absolute atomic E-state index is 0.185. The first-order chi connectivity index (χ1) is 12.7. The Hall–Kier alpha value is -2.51. The van der Waals surface area contributed by atoms with Crippen LogP contribution in [-0.4, -0.2) is 62.0 Å². The van der Waals surface area contributed by atoms with Crippen molar-refractivity contribution < 1.29 is 5.11 Å². The lowest BCUT2D eigenvalue weighted by atomic mass is 10.1. The van der Waals surface area contributed by atoms with E-state index < -0.39 is 0 Å². The predicted octanol–water partition coefficient (Wildman–Crippen LogP) is 1.21. The van der Waals surface area contributed by atoms with Crippen LogP contribution >= 0.6 is 0 Å². The number of piperazine rings is 1. The van der Waals surface area contributed by atoms with Crippen LogP contribution in [0.3, 0.4) is 0 Å². The molecule has 1 aliphatic carbocycles. The molecule has 0 saturated carbocycles. The van der Waals surface area contributed by atoms with E-state index in [4.69, 9.17) is 0 Å². The first-order valence-electron chi connectivity index (χ1n) is 9.14. The molecule has 1 saturated heterocycles. The Labute approximate surface area is 151 Å². The summed E-state index contributed by atoms with van der Waals surface area (Å²) in [5.41, 5.74) is 3.15. The molecule has 0 unspecified atom stereocenters. The number of benzene rings is 1. The summed E-state index contributed by atoms with van der Waals surface area (Å²) in [7, 11) is 0. The third kappa shape index (κ3) is 2.47. The number of hydrogen-bond acceptors (Lipinski definition) is 6. The highest BCUT2D eigenvalue weighted by atomic mass is 16.3. The zero-order chi connectivity index (χ0) is 17.7. The summed E-state index contributed by atoms with van der Waals surface area (Å²) in [4.78, 5) is 4.72. The second-order valence-electron chi connectivity index (χ2n) is 7.15. The topological polar surface area (TPSA) is 69.8 Å². The minimum Gasteiger partial charge on any atom is -0.387 e. The van der Waals surface area contributed by atoms with Crippen molar-refractivity contribution in [1.29, 1.82) is 0 Å². The van der Waals surface area contributed by atoms with E-state index in [0.717, 1.165) is 55.5 Å². The minimum atomic E-state index is -0.383. The molecule has 2 atom stereocenters. The maximum atomic E-state index is 10.7. The first-order valence-corrected chi connectivity index (χ1v) is 9.14. The number of hydrogen-bond donors (Lipinski definition) is 1. The standard InChI is InChI=1S/C19H22N6O/c1-13-20-21-17-6-7-18(22-25(13)17)24-10-8-23(9-11-24)16-12-14-4-2-3-5-15(14)19(16)26/h2-7,16,19,26H,8-12H2,1H3/t16-,19+/m1/s1. The molecule has 1 aromatic carbocycles. The van der Waals surface area contributed by atoms with Crippen molar-refractivity contribution in [2.45, 2.75) is 25.5 Å². The lowest BCUT2D eigenvalue weighted by Crippen LogP contribution is -2.51. The summed E-state index contributed by atoms with van der Waals surface area (Å²) >= 11 is 0. The summed E-state index contributed by atoms with van der Waals surface area (Å²) in [6.45, 7) is 5.57. The Morgan fingerprint density at radius 2 is 1.81 bits per heavy atom. The van der Waals surface area contributed by atoms with E-state index >= 15 is 0 Å². The second kappa shape index (κ2) is 6.03. The van der Waals surface area contributed by atoms with Gasteiger partial charge >= 0.3 is 0 Å². The molecule has 1 fully saturated rings. The molecule has 134 valence electrons.